The smallest absolute Gasteiger partial charge is 0.0266 e. The largest absolute Gasteiger partial charge is 0.0654 e. The summed E-state index contributed by atoms with van der Waals surface area (Å²) >= 11 is 0. The molecule has 20 aliphatic carbocycles. The van der Waals surface area contributed by atoms with E-state index in [0.717, 1.165) is 202 Å². The normalized spacial score (nSPS) is 56.0. The Hall–Kier alpha value is 0. The van der Waals surface area contributed by atoms with E-state index in [0.29, 0.717) is 0 Å². The van der Waals surface area contributed by atoms with Gasteiger partial charge in [-0.25, -0.2) is 0 Å². The average Bonchev–Trinajstić information content (AvgIpc) is 1.33. The third kappa shape index (κ3) is 14.1. The Bertz CT molecular complexity index is 2740. The van der Waals surface area contributed by atoms with Crippen LogP contribution in [0.15, 0.2) is 0 Å². The fraction of sp³-hybridized carbons (Fsp3) is 1.00. The molecule has 20 rings (SSSR count). The third-order valence-corrected chi connectivity index (χ3v) is 45.5. The first-order valence-corrected chi connectivity index (χ1v) is 50.8. The molecule has 0 unspecified atom stereocenters. The third-order valence-electron chi connectivity index (χ3n) is 45.5. The van der Waals surface area contributed by atoms with Crippen LogP contribution in [0, 0.1) is 202 Å². The Morgan fingerprint density at radius 2 is 0.434 bits per heavy atom. The van der Waals surface area contributed by atoms with Crippen LogP contribution in [0.4, 0.5) is 0 Å². The Balaban J connectivity index is 0.000000102. The van der Waals surface area contributed by atoms with E-state index in [1.165, 1.54) is 96.3 Å². The highest BCUT2D eigenvalue weighted by Crippen LogP contribution is 2.73. The first-order chi connectivity index (χ1) is 50.8. The summed E-state index contributed by atoms with van der Waals surface area (Å²) in [6.45, 7) is 38.9. The number of rotatable bonds is 6. The van der Waals surface area contributed by atoms with Crippen molar-refractivity contribution in [1.29, 1.82) is 0 Å². The average molecular weight is 1460 g/mol. The first-order valence-electron chi connectivity index (χ1n) is 50.8. The van der Waals surface area contributed by atoms with Crippen molar-refractivity contribution < 1.29 is 0 Å². The second-order valence-corrected chi connectivity index (χ2v) is 49.5. The van der Waals surface area contributed by atoms with E-state index in [4.69, 9.17) is 0 Å². The van der Waals surface area contributed by atoms with E-state index in [9.17, 15) is 0 Å². The van der Waals surface area contributed by atoms with Gasteiger partial charge in [0.2, 0.25) is 0 Å². The SMILES string of the molecule is CCC[C@@H]1CC[C@@]2(C)[C@@H](CC[C@H]3[C@@H]4CCC[C@@]4(C)CC[C@@H]32)C1.CCC[C@H]1CC[C@@]2(C)[C@@H](CC[C@H]3[C@@H]4CCC[C@@]4(C)CC[C@@H]32)C1.CC[C@@H]1CC[C@@]2(C)[C@@H](CC[C@H]3[C@@H]4CCC[C@@]4(C)CC[C@@H]32)C1.CC[C@H]1CC[C@@]2(C)[C@@H](CC[C@H]3[C@@H]4CCC[C@@]4(C)CC[C@@H]32)C1.C[C@H]1CC[C@@]2(C)[C@@H](CC[C@H]3[C@@H]4CCC[C@@]4(C)CC[C@@H]32)C1. The lowest BCUT2D eigenvalue weighted by Crippen LogP contribution is -2.52. The summed E-state index contributed by atoms with van der Waals surface area (Å²) in [7, 11) is 0. The van der Waals surface area contributed by atoms with Crippen molar-refractivity contribution in [3.05, 3.63) is 0 Å². The van der Waals surface area contributed by atoms with Gasteiger partial charge >= 0.3 is 0 Å². The number of hydrogen-bond acceptors (Lipinski definition) is 0. The van der Waals surface area contributed by atoms with Crippen molar-refractivity contribution in [3.8, 4) is 0 Å². The Morgan fingerprint density at radius 1 is 0.208 bits per heavy atom. The highest BCUT2D eigenvalue weighted by molar-refractivity contribution is 5.14. The lowest BCUT2D eigenvalue weighted by molar-refractivity contribution is -0.111. The van der Waals surface area contributed by atoms with Crippen molar-refractivity contribution >= 4 is 0 Å². The maximum absolute atomic E-state index is 2.73. The van der Waals surface area contributed by atoms with E-state index in [2.05, 4.69) is 104 Å². The summed E-state index contributed by atoms with van der Waals surface area (Å²) in [6, 6.07) is 0. The molecule has 0 aromatic carbocycles. The standard InChI is InChI=1S/2C22H38.2C21H36.C20H34/c2*1-4-6-16-10-14-22(3)17(15-16)8-9-18-19-7-5-12-21(19,2)13-11-20(18)22;2*1-4-15-9-13-21(3)16(14-15)7-8-17-18-6-5-11-20(18,2)12-10-19(17)21;1-14-8-12-20(3)15(13-14)6-7-16-17-5-4-10-19(17,2)11-9-18(16)20/h2*16-20H,4-15H2,1-3H3;2*15-19H,4-14H2,1-3H3;14-18H,4-13H2,1-3H3/t16-,17+,18+,19+,20+,21+,22+;16-,17-,18-,19-,20-,21-,22-;15-,16+,17+,18+,19+,20+,21+;15-,16-,17-,18-,19-,20-,21-;14-,15-,16-,17-,18-,19-,20-/m10100/s1. The minimum atomic E-state index is 0.719. The summed E-state index contributed by atoms with van der Waals surface area (Å²) in [5.41, 5.74) is 7.31. The summed E-state index contributed by atoms with van der Waals surface area (Å²) in [6.07, 6.45) is 86.6. The van der Waals surface area contributed by atoms with Crippen LogP contribution in [0.5, 0.6) is 0 Å². The van der Waals surface area contributed by atoms with Crippen molar-refractivity contribution in [2.24, 2.45) is 202 Å². The topological polar surface area (TPSA) is 0 Å². The zero-order valence-electron chi connectivity index (χ0n) is 74.0. The maximum atomic E-state index is 2.73. The van der Waals surface area contributed by atoms with Crippen LogP contribution in [-0.2, 0) is 0 Å². The van der Waals surface area contributed by atoms with Gasteiger partial charge in [0.05, 0.1) is 0 Å². The molecule has 20 aliphatic rings. The molecule has 0 heteroatoms. The predicted octanol–water partition coefficient (Wildman–Crippen LogP) is 32.6. The number of fused-ring (bicyclic) bond motifs is 25. The molecule has 0 nitrogen and oxygen atoms in total. The Labute approximate surface area is 661 Å². The molecule has 0 aromatic heterocycles. The van der Waals surface area contributed by atoms with Gasteiger partial charge in [0.25, 0.3) is 0 Å². The quantitative estimate of drug-likeness (QED) is 0.249. The van der Waals surface area contributed by atoms with E-state index in [-0.39, 0.29) is 0 Å². The van der Waals surface area contributed by atoms with Gasteiger partial charge in [0.1, 0.15) is 0 Å². The fourth-order valence-electron chi connectivity index (χ4n) is 38.9. The van der Waals surface area contributed by atoms with Crippen molar-refractivity contribution in [2.75, 3.05) is 0 Å². The van der Waals surface area contributed by atoms with Crippen molar-refractivity contribution in [2.45, 2.75) is 463 Å². The molecular weight excluding hydrogens is 1270 g/mol. The van der Waals surface area contributed by atoms with E-state index in [1.807, 2.05) is 0 Å². The Kier molecular flexibility index (Phi) is 23.4. The van der Waals surface area contributed by atoms with E-state index in [1.54, 1.807) is 263 Å². The monoisotopic (exact) mass is 1460 g/mol. The number of hydrogen-bond donors (Lipinski definition) is 0. The van der Waals surface area contributed by atoms with Gasteiger partial charge < -0.3 is 0 Å². The van der Waals surface area contributed by atoms with Gasteiger partial charge in [0, 0.05) is 0 Å². The van der Waals surface area contributed by atoms with Crippen LogP contribution in [0.3, 0.4) is 0 Å². The van der Waals surface area contributed by atoms with Gasteiger partial charge in [-0.15, -0.1) is 0 Å². The van der Waals surface area contributed by atoms with Crippen molar-refractivity contribution in [1.82, 2.24) is 0 Å². The molecule has 0 amide bonds. The second kappa shape index (κ2) is 31.1. The molecule has 35 atom stereocenters. The van der Waals surface area contributed by atoms with Crippen LogP contribution >= 0.6 is 0 Å². The molecule has 0 aliphatic heterocycles. The molecule has 20 fully saturated rings. The molecule has 0 radical (unpaired) electrons. The van der Waals surface area contributed by atoms with Gasteiger partial charge in [-0.3, -0.25) is 0 Å². The van der Waals surface area contributed by atoms with Crippen LogP contribution in [0.2, 0.25) is 0 Å². The van der Waals surface area contributed by atoms with E-state index >= 15 is 0 Å². The minimum Gasteiger partial charge on any atom is -0.0654 e. The molecule has 20 saturated carbocycles. The fourth-order valence-corrected chi connectivity index (χ4v) is 38.9. The van der Waals surface area contributed by atoms with Gasteiger partial charge in [-0.2, -0.15) is 0 Å². The molecule has 106 heavy (non-hydrogen) atoms. The summed E-state index contributed by atoms with van der Waals surface area (Å²) < 4.78 is 0. The van der Waals surface area contributed by atoms with Gasteiger partial charge in [-0.1, -0.05) is 181 Å². The van der Waals surface area contributed by atoms with Crippen LogP contribution < -0.4 is 0 Å². The molecule has 0 spiro atoms. The Morgan fingerprint density at radius 3 is 0.679 bits per heavy atom. The molecule has 0 heterocycles. The molecule has 0 N–H and O–H groups in total. The summed E-state index contributed by atoms with van der Waals surface area (Å²) in [4.78, 5) is 0. The highest BCUT2D eigenvalue weighted by atomic mass is 14.7. The van der Waals surface area contributed by atoms with Gasteiger partial charge in [0.15, 0.2) is 0 Å². The van der Waals surface area contributed by atoms with E-state index < -0.39 is 0 Å². The molecule has 0 saturated heterocycles. The van der Waals surface area contributed by atoms with Crippen LogP contribution in [0.1, 0.15) is 463 Å². The molecular formula is C106H182. The lowest BCUT2D eigenvalue weighted by atomic mass is 9.44. The van der Waals surface area contributed by atoms with Gasteiger partial charge in [-0.05, 0) is 485 Å². The highest BCUT2D eigenvalue weighted by Gasteiger charge is 2.64. The first kappa shape index (κ1) is 79.8. The lowest BCUT2D eigenvalue weighted by Gasteiger charge is -2.60. The second-order valence-electron chi connectivity index (χ2n) is 49.5. The summed E-state index contributed by atoms with van der Waals surface area (Å²) in [5, 5.41) is 0. The molecule has 606 valence electrons. The van der Waals surface area contributed by atoms with Crippen molar-refractivity contribution in [3.63, 3.8) is 0 Å². The summed E-state index contributed by atoms with van der Waals surface area (Å²) in [5.74, 6) is 27.0. The molecule has 0 bridgehead atoms. The maximum Gasteiger partial charge on any atom is -0.0266 e. The van der Waals surface area contributed by atoms with Crippen LogP contribution in [0.25, 0.3) is 0 Å². The predicted molar refractivity (Wildman–Crippen MR) is 455 cm³/mol. The molecule has 0 aromatic rings. The minimum absolute atomic E-state index is 0.719. The zero-order chi connectivity index (χ0) is 74.0. The van der Waals surface area contributed by atoms with Crippen LogP contribution in [-0.4, -0.2) is 0 Å². The zero-order valence-corrected chi connectivity index (χ0v) is 74.0.